The van der Waals surface area contributed by atoms with Gasteiger partial charge in [-0.25, -0.2) is 8.42 Å². The van der Waals surface area contributed by atoms with E-state index in [1.807, 2.05) is 0 Å². The predicted molar refractivity (Wildman–Crippen MR) is 71.7 cm³/mol. The molecule has 1 aromatic rings. The highest BCUT2D eigenvalue weighted by Gasteiger charge is 2.30. The topological polar surface area (TPSA) is 116 Å². The second kappa shape index (κ2) is 5.35. The van der Waals surface area contributed by atoms with Crippen molar-refractivity contribution in [1.29, 1.82) is 0 Å². The lowest BCUT2D eigenvalue weighted by Crippen LogP contribution is -2.44. The van der Waals surface area contributed by atoms with Crippen molar-refractivity contribution in [3.63, 3.8) is 0 Å². The Balaban J connectivity index is 2.39. The first-order valence-corrected chi connectivity index (χ1v) is 7.42. The highest BCUT2D eigenvalue weighted by molar-refractivity contribution is 7.89. The molecule has 0 spiro atoms. The maximum Gasteiger partial charge on any atom is 0.293 e. The van der Waals surface area contributed by atoms with Gasteiger partial charge >= 0.3 is 0 Å². The Hall–Kier alpha value is -1.71. The number of rotatable bonds is 3. The first-order valence-electron chi connectivity index (χ1n) is 5.98. The average Bonchev–Trinajstić information content (AvgIpc) is 2.38. The smallest absolute Gasteiger partial charge is 0.293 e. The molecule has 1 saturated heterocycles. The van der Waals surface area contributed by atoms with Gasteiger partial charge in [0, 0.05) is 19.2 Å². The zero-order valence-electron chi connectivity index (χ0n) is 10.9. The zero-order valence-corrected chi connectivity index (χ0v) is 11.7. The first kappa shape index (κ1) is 14.7. The number of morpholine rings is 1. The van der Waals surface area contributed by atoms with Crippen LogP contribution in [0.5, 0.6) is 0 Å². The molecule has 110 valence electrons. The van der Waals surface area contributed by atoms with Crippen LogP contribution in [0.3, 0.4) is 0 Å². The van der Waals surface area contributed by atoms with Crippen LogP contribution in [0.25, 0.3) is 0 Å². The number of nitrogen functional groups attached to an aromatic ring is 1. The average molecular weight is 301 g/mol. The van der Waals surface area contributed by atoms with Crippen LogP contribution in [-0.2, 0) is 14.8 Å². The second-order valence-corrected chi connectivity index (χ2v) is 6.46. The Morgan fingerprint density at radius 1 is 1.50 bits per heavy atom. The van der Waals surface area contributed by atoms with Gasteiger partial charge in [0.1, 0.15) is 5.69 Å². The van der Waals surface area contributed by atoms with Gasteiger partial charge in [0.25, 0.3) is 5.69 Å². The lowest BCUT2D eigenvalue weighted by Gasteiger charge is -2.30. The van der Waals surface area contributed by atoms with Crippen molar-refractivity contribution >= 4 is 21.4 Å². The molecule has 1 aromatic carbocycles. The fourth-order valence-electron chi connectivity index (χ4n) is 2.00. The van der Waals surface area contributed by atoms with Crippen molar-refractivity contribution in [2.24, 2.45) is 0 Å². The molecule has 1 atom stereocenters. The Kier molecular flexibility index (Phi) is 3.93. The number of nitro benzene ring substituents is 1. The van der Waals surface area contributed by atoms with Crippen molar-refractivity contribution in [2.45, 2.75) is 17.9 Å². The van der Waals surface area contributed by atoms with Crippen LogP contribution in [0.2, 0.25) is 0 Å². The minimum atomic E-state index is -3.77. The number of nitro groups is 1. The van der Waals surface area contributed by atoms with Crippen LogP contribution >= 0.6 is 0 Å². The van der Waals surface area contributed by atoms with Crippen LogP contribution in [-0.4, -0.2) is 43.4 Å². The van der Waals surface area contributed by atoms with E-state index in [1.54, 1.807) is 6.92 Å². The number of nitrogens with zero attached hydrogens (tertiary/aromatic N) is 2. The summed E-state index contributed by atoms with van der Waals surface area (Å²) < 4.78 is 31.4. The van der Waals surface area contributed by atoms with Gasteiger partial charge in [0.15, 0.2) is 0 Å². The molecule has 0 aliphatic carbocycles. The van der Waals surface area contributed by atoms with Gasteiger partial charge in [-0.1, -0.05) is 0 Å². The Morgan fingerprint density at radius 2 is 2.20 bits per heavy atom. The van der Waals surface area contributed by atoms with E-state index in [0.717, 1.165) is 6.07 Å². The van der Waals surface area contributed by atoms with Crippen molar-refractivity contribution in [3.8, 4) is 0 Å². The van der Waals surface area contributed by atoms with E-state index in [1.165, 1.54) is 16.4 Å². The summed E-state index contributed by atoms with van der Waals surface area (Å²) in [7, 11) is -3.77. The summed E-state index contributed by atoms with van der Waals surface area (Å²) in [6.45, 7) is 2.52. The third-order valence-electron chi connectivity index (χ3n) is 3.04. The normalized spacial score (nSPS) is 20.8. The number of hydrogen-bond acceptors (Lipinski definition) is 6. The summed E-state index contributed by atoms with van der Waals surface area (Å²) in [6.07, 6.45) is -0.206. The van der Waals surface area contributed by atoms with Crippen molar-refractivity contribution < 1.29 is 18.1 Å². The molecule has 0 aromatic heterocycles. The molecule has 2 N–H and O–H groups in total. The quantitative estimate of drug-likeness (QED) is 0.496. The van der Waals surface area contributed by atoms with Crippen LogP contribution in [0.1, 0.15) is 6.92 Å². The fourth-order valence-corrected chi connectivity index (χ4v) is 3.52. The number of hydrogen-bond donors (Lipinski definition) is 1. The van der Waals surface area contributed by atoms with E-state index in [4.69, 9.17) is 10.5 Å². The SMILES string of the molecule is CC1CN(S(=O)(=O)c2ccc(N)c([N+](=O)[O-])c2)CCO1. The number of ether oxygens (including phenoxy) is 1. The molecule has 0 saturated carbocycles. The van der Waals surface area contributed by atoms with E-state index >= 15 is 0 Å². The monoisotopic (exact) mass is 301 g/mol. The second-order valence-electron chi connectivity index (χ2n) is 4.52. The minimum Gasteiger partial charge on any atom is -0.393 e. The highest BCUT2D eigenvalue weighted by Crippen LogP contribution is 2.27. The van der Waals surface area contributed by atoms with Crippen LogP contribution in [0.4, 0.5) is 11.4 Å². The van der Waals surface area contributed by atoms with E-state index in [9.17, 15) is 18.5 Å². The van der Waals surface area contributed by atoms with E-state index in [0.29, 0.717) is 6.61 Å². The summed E-state index contributed by atoms with van der Waals surface area (Å²) in [5, 5.41) is 10.8. The van der Waals surface area contributed by atoms with Crippen molar-refractivity contribution in [2.75, 3.05) is 25.4 Å². The van der Waals surface area contributed by atoms with Gasteiger partial charge in [0.2, 0.25) is 10.0 Å². The zero-order chi connectivity index (χ0) is 14.9. The van der Waals surface area contributed by atoms with Crippen molar-refractivity contribution in [1.82, 2.24) is 4.31 Å². The standard InChI is InChI=1S/C11H15N3O5S/c1-8-7-13(4-5-19-8)20(17,18)9-2-3-10(12)11(6-9)14(15)16/h2-3,6,8H,4-5,7,12H2,1H3. The number of benzene rings is 1. The molecule has 1 aliphatic rings. The molecular weight excluding hydrogens is 286 g/mol. The number of anilines is 1. The van der Waals surface area contributed by atoms with E-state index in [2.05, 4.69) is 0 Å². The number of nitrogens with two attached hydrogens (primary N) is 1. The molecule has 2 rings (SSSR count). The van der Waals surface area contributed by atoms with Gasteiger partial charge in [-0.2, -0.15) is 4.31 Å². The molecule has 9 heteroatoms. The van der Waals surface area contributed by atoms with Crippen LogP contribution < -0.4 is 5.73 Å². The summed E-state index contributed by atoms with van der Waals surface area (Å²) in [5.74, 6) is 0. The Labute approximate surface area is 116 Å². The molecule has 20 heavy (non-hydrogen) atoms. The maximum absolute atomic E-state index is 12.4. The molecule has 0 bridgehead atoms. The molecule has 1 heterocycles. The largest absolute Gasteiger partial charge is 0.393 e. The lowest BCUT2D eigenvalue weighted by atomic mass is 10.3. The van der Waals surface area contributed by atoms with Crippen LogP contribution in [0.15, 0.2) is 23.1 Å². The molecule has 1 unspecified atom stereocenters. The Bertz CT molecular complexity index is 631. The van der Waals surface area contributed by atoms with Gasteiger partial charge in [-0.3, -0.25) is 10.1 Å². The summed E-state index contributed by atoms with van der Waals surface area (Å²) in [4.78, 5) is 10.00. The molecule has 1 aliphatic heterocycles. The molecule has 0 radical (unpaired) electrons. The highest BCUT2D eigenvalue weighted by atomic mass is 32.2. The van der Waals surface area contributed by atoms with E-state index < -0.39 is 20.6 Å². The third-order valence-corrected chi connectivity index (χ3v) is 4.90. The summed E-state index contributed by atoms with van der Waals surface area (Å²) in [6, 6.07) is 3.50. The minimum absolute atomic E-state index is 0.0655. The van der Waals surface area contributed by atoms with Crippen molar-refractivity contribution in [3.05, 3.63) is 28.3 Å². The predicted octanol–water partition coefficient (Wildman–Crippen LogP) is 0.586. The van der Waals surface area contributed by atoms with Gasteiger partial charge in [-0.15, -0.1) is 0 Å². The van der Waals surface area contributed by atoms with Crippen LogP contribution in [0, 0.1) is 10.1 Å². The molecular formula is C11H15N3O5S. The van der Waals surface area contributed by atoms with Gasteiger partial charge in [0.05, 0.1) is 22.5 Å². The summed E-state index contributed by atoms with van der Waals surface area (Å²) >= 11 is 0. The molecule has 1 fully saturated rings. The van der Waals surface area contributed by atoms with Gasteiger partial charge in [-0.05, 0) is 19.1 Å². The lowest BCUT2D eigenvalue weighted by molar-refractivity contribution is -0.384. The molecule has 8 nitrogen and oxygen atoms in total. The Morgan fingerprint density at radius 3 is 2.80 bits per heavy atom. The molecule has 0 amide bonds. The van der Waals surface area contributed by atoms with Gasteiger partial charge < -0.3 is 10.5 Å². The maximum atomic E-state index is 12.4. The third kappa shape index (κ3) is 2.74. The van der Waals surface area contributed by atoms with E-state index in [-0.39, 0.29) is 29.8 Å². The first-order chi connectivity index (χ1) is 9.32. The summed E-state index contributed by atoms with van der Waals surface area (Å²) in [5.41, 5.74) is 4.99. The fraction of sp³-hybridized carbons (Fsp3) is 0.455. The number of sulfonamides is 1.